The van der Waals surface area contributed by atoms with Crippen molar-refractivity contribution < 1.29 is 92.6 Å². The molecule has 0 heterocycles. The number of hydrogen-bond donors (Lipinski definition) is 1. The number of carbonyl (C=O) groups excluding carboxylic acids is 1. The molecule has 24 heteroatoms. The maximum Gasteiger partial charge on any atom is 0.211 e. The summed E-state index contributed by atoms with van der Waals surface area (Å²) in [5, 5.41) is 0. The number of halogens is 20. The van der Waals surface area contributed by atoms with Crippen LogP contribution in [0.5, 0.6) is 0 Å². The molecule has 0 saturated carbocycles. The Kier molecular flexibility index (Phi) is 13.3. The molecule has 0 aliphatic heterocycles. The number of Topliss-reactive ketones (excluding diaryl/α,β-unsaturated/α-hetero) is 1. The Balaban J connectivity index is 0.000000486. The standard InChI is InChI=1S/C24BF20.C10H12OS2/c26-5-1(6(27)14(35)21(42)13(5)34)25(2-7(28)15(36)22(43)16(37)8(2)29,3-9(30)17(38)23(44)18(39)10(3)31)4-11(32)19(40)24(45)20(41)12(4)33;1-13(2)7-10(11)8-4-3-5-9(12)6-8/h;3-6H,7H2,1-2H3/q-1;/p+1. The van der Waals surface area contributed by atoms with Gasteiger partial charge in [0.1, 0.15) is 52.7 Å². The monoisotopic (exact) mass is 892 g/mol. The zero-order valence-electron chi connectivity index (χ0n) is 27.9. The summed E-state index contributed by atoms with van der Waals surface area (Å²) in [6, 6.07) is 7.39. The van der Waals surface area contributed by atoms with Crippen molar-refractivity contribution in [3.05, 3.63) is 146 Å². The lowest BCUT2D eigenvalue weighted by atomic mass is 9.12. The third-order valence-corrected chi connectivity index (χ3v) is 9.41. The van der Waals surface area contributed by atoms with Gasteiger partial charge in [-0.1, -0.05) is 12.1 Å². The van der Waals surface area contributed by atoms with Gasteiger partial charge in [0.25, 0.3) is 0 Å². The van der Waals surface area contributed by atoms with Crippen LogP contribution in [-0.4, -0.2) is 30.2 Å². The van der Waals surface area contributed by atoms with Crippen molar-refractivity contribution in [3.63, 3.8) is 0 Å². The van der Waals surface area contributed by atoms with Gasteiger partial charge >= 0.3 is 0 Å². The van der Waals surface area contributed by atoms with Crippen LogP contribution in [0.1, 0.15) is 10.4 Å². The lowest BCUT2D eigenvalue weighted by Gasteiger charge is -2.44. The van der Waals surface area contributed by atoms with E-state index in [-0.39, 0.29) is 16.7 Å². The van der Waals surface area contributed by atoms with E-state index in [2.05, 4.69) is 25.1 Å². The van der Waals surface area contributed by atoms with Gasteiger partial charge in [-0.3, -0.25) is 4.79 Å². The Morgan fingerprint density at radius 3 is 0.862 bits per heavy atom. The van der Waals surface area contributed by atoms with Gasteiger partial charge in [0.2, 0.25) is 5.78 Å². The molecule has 0 N–H and O–H groups in total. The predicted molar refractivity (Wildman–Crippen MR) is 171 cm³/mol. The molecule has 0 unspecified atom stereocenters. The molecule has 0 aliphatic rings. The van der Waals surface area contributed by atoms with E-state index >= 15 is 35.1 Å². The summed E-state index contributed by atoms with van der Waals surface area (Å²) in [4.78, 5) is 12.4. The molecular formula is C34H13BF20OS2. The third kappa shape index (κ3) is 7.25. The molecule has 0 aliphatic carbocycles. The van der Waals surface area contributed by atoms with Crippen molar-refractivity contribution in [1.29, 1.82) is 0 Å². The highest BCUT2D eigenvalue weighted by Gasteiger charge is 2.52. The first-order chi connectivity index (χ1) is 26.8. The van der Waals surface area contributed by atoms with Crippen molar-refractivity contribution in [1.82, 2.24) is 0 Å². The van der Waals surface area contributed by atoms with E-state index in [9.17, 15) is 57.5 Å². The average molecular weight is 892 g/mol. The summed E-state index contributed by atoms with van der Waals surface area (Å²) >= 11 is 4.19. The van der Waals surface area contributed by atoms with Crippen LogP contribution < -0.4 is 21.9 Å². The summed E-state index contributed by atoms with van der Waals surface area (Å²) in [7, 11) is 0.173. The summed E-state index contributed by atoms with van der Waals surface area (Å²) in [5.41, 5.74) is -13.6. The van der Waals surface area contributed by atoms with Gasteiger partial charge in [0.05, 0.1) is 12.5 Å². The van der Waals surface area contributed by atoms with Crippen molar-refractivity contribution in [2.45, 2.75) is 4.90 Å². The van der Waals surface area contributed by atoms with Gasteiger partial charge in [-0.15, -0.1) is 34.5 Å². The maximum atomic E-state index is 15.4. The highest BCUT2D eigenvalue weighted by Crippen LogP contribution is 2.30. The molecule has 0 bridgehead atoms. The number of benzene rings is 5. The maximum absolute atomic E-state index is 15.4. The lowest BCUT2D eigenvalue weighted by molar-refractivity contribution is 0.102. The molecule has 0 radical (unpaired) electrons. The Labute approximate surface area is 319 Å². The van der Waals surface area contributed by atoms with Crippen molar-refractivity contribution in [2.24, 2.45) is 0 Å². The third-order valence-electron chi connectivity index (χ3n) is 8.29. The van der Waals surface area contributed by atoms with E-state index in [0.717, 1.165) is 10.5 Å². The van der Waals surface area contributed by atoms with Gasteiger partial charge < -0.3 is 0 Å². The van der Waals surface area contributed by atoms with Gasteiger partial charge in [-0.25, -0.2) is 87.8 Å². The second-order valence-electron chi connectivity index (χ2n) is 11.9. The molecular weight excluding hydrogens is 879 g/mol. The first kappa shape index (κ1) is 45.8. The number of rotatable bonds is 7. The SMILES string of the molecule is C[S+](C)CC(=O)c1cccc(S)c1.Fc1c(F)c(F)c([B-](c2c(F)c(F)c(F)c(F)c2F)(c2c(F)c(F)c(F)c(F)c2F)c2c(F)c(F)c(F)c(F)c2F)c(F)c1F. The molecule has 310 valence electrons. The first-order valence-corrected chi connectivity index (χ1v) is 17.5. The van der Waals surface area contributed by atoms with Crippen LogP contribution in [-0.2, 0) is 10.9 Å². The Morgan fingerprint density at radius 2 is 0.655 bits per heavy atom. The highest BCUT2D eigenvalue weighted by atomic mass is 32.2. The smallest absolute Gasteiger partial charge is 0.211 e. The molecule has 5 aromatic carbocycles. The van der Waals surface area contributed by atoms with E-state index in [0.29, 0.717) is 5.75 Å². The molecule has 58 heavy (non-hydrogen) atoms. The number of hydrogen-bond acceptors (Lipinski definition) is 2. The quantitative estimate of drug-likeness (QED) is 0.0335. The topological polar surface area (TPSA) is 17.1 Å². The largest absolute Gasteiger partial charge is 0.289 e. The van der Waals surface area contributed by atoms with Gasteiger partial charge in [0, 0.05) is 10.5 Å². The fourth-order valence-corrected chi connectivity index (χ4v) is 6.82. The van der Waals surface area contributed by atoms with Gasteiger partial charge in [0.15, 0.2) is 75.6 Å². The van der Waals surface area contributed by atoms with Crippen LogP contribution in [0, 0.1) is 116 Å². The second-order valence-corrected chi connectivity index (χ2v) is 14.7. The van der Waals surface area contributed by atoms with Crippen molar-refractivity contribution >= 4 is 57.3 Å². The van der Waals surface area contributed by atoms with Crippen LogP contribution in [0.4, 0.5) is 87.8 Å². The van der Waals surface area contributed by atoms with E-state index in [1.54, 1.807) is 0 Å². The molecule has 0 atom stereocenters. The fourth-order valence-electron chi connectivity index (χ4n) is 5.90. The predicted octanol–water partition coefficient (Wildman–Crippen LogP) is 7.88. The number of carbonyl (C=O) groups is 1. The minimum Gasteiger partial charge on any atom is -0.289 e. The molecule has 0 aromatic heterocycles. The summed E-state index contributed by atoms with van der Waals surface area (Å²) in [6.07, 6.45) is -3.07. The molecule has 0 amide bonds. The molecule has 5 aromatic rings. The van der Waals surface area contributed by atoms with Crippen LogP contribution in [0.25, 0.3) is 0 Å². The Bertz CT molecular complexity index is 2130. The number of thiol groups is 1. The molecule has 0 saturated heterocycles. The second kappa shape index (κ2) is 16.8. The first-order valence-electron chi connectivity index (χ1n) is 14.9. The molecule has 0 spiro atoms. The fraction of sp³-hybridized carbons (Fsp3) is 0.0882. The zero-order chi connectivity index (χ0) is 44.2. The highest BCUT2D eigenvalue weighted by molar-refractivity contribution is 7.96. The Morgan fingerprint density at radius 1 is 0.431 bits per heavy atom. The minimum atomic E-state index is -7.22. The Hall–Kier alpha value is -4.87. The lowest BCUT2D eigenvalue weighted by Crippen LogP contribution is -2.81. The molecule has 5 rings (SSSR count). The summed E-state index contributed by atoms with van der Waals surface area (Å²) in [5.74, 6) is -70.6. The van der Waals surface area contributed by atoms with Crippen LogP contribution in [0.3, 0.4) is 0 Å². The van der Waals surface area contributed by atoms with E-state index < -0.39 is 144 Å². The zero-order valence-corrected chi connectivity index (χ0v) is 29.6. The van der Waals surface area contributed by atoms with E-state index in [4.69, 9.17) is 0 Å². The van der Waals surface area contributed by atoms with Crippen LogP contribution in [0.2, 0.25) is 0 Å². The molecule has 1 nitrogen and oxygen atoms in total. The van der Waals surface area contributed by atoms with E-state index in [1.165, 1.54) is 0 Å². The minimum absolute atomic E-state index is 0.173. The number of ketones is 1. The average Bonchev–Trinajstić information content (AvgIpc) is 3.17. The summed E-state index contributed by atoms with van der Waals surface area (Å²) < 4.78 is 294. The van der Waals surface area contributed by atoms with E-state index in [1.807, 2.05) is 24.3 Å². The van der Waals surface area contributed by atoms with Crippen molar-refractivity contribution in [2.75, 3.05) is 18.3 Å². The van der Waals surface area contributed by atoms with Gasteiger partial charge in [-0.05, 0) is 23.0 Å². The normalized spacial score (nSPS) is 11.7. The van der Waals surface area contributed by atoms with Crippen LogP contribution in [0.15, 0.2) is 29.2 Å². The van der Waals surface area contributed by atoms with Crippen molar-refractivity contribution in [3.8, 4) is 0 Å². The molecule has 0 fully saturated rings. The van der Waals surface area contributed by atoms with Gasteiger partial charge in [-0.2, -0.15) is 0 Å². The van der Waals surface area contributed by atoms with Crippen LogP contribution >= 0.6 is 12.6 Å². The summed E-state index contributed by atoms with van der Waals surface area (Å²) in [6.45, 7) is 0.